The Kier molecular flexibility index (Phi) is 4.95. The first-order valence-electron chi connectivity index (χ1n) is 6.40. The highest BCUT2D eigenvalue weighted by Gasteiger charge is 2.18. The molecule has 1 heterocycles. The van der Waals surface area contributed by atoms with Gasteiger partial charge in [-0.05, 0) is 37.3 Å². The Labute approximate surface area is 131 Å². The number of ether oxygens (including phenoxy) is 1. The van der Waals surface area contributed by atoms with Gasteiger partial charge < -0.3 is 9.15 Å². The molecule has 0 aliphatic heterocycles. The summed E-state index contributed by atoms with van der Waals surface area (Å²) in [4.78, 5) is 21.8. The van der Waals surface area contributed by atoms with Crippen LogP contribution in [0.2, 0.25) is 5.02 Å². The minimum absolute atomic E-state index is 0.150. The molecule has 0 N–H and O–H groups in total. The van der Waals surface area contributed by atoms with Crippen molar-refractivity contribution in [2.45, 2.75) is 6.92 Å². The molecule has 2 aromatic rings. The minimum atomic E-state index is -0.530. The van der Waals surface area contributed by atoms with Crippen LogP contribution < -0.4 is 0 Å². The van der Waals surface area contributed by atoms with Crippen LogP contribution in [-0.4, -0.2) is 17.5 Å². The summed E-state index contributed by atoms with van der Waals surface area (Å²) in [5, 5.41) is 11.3. The number of nitro benzene ring substituents is 1. The first-order chi connectivity index (χ1) is 10.5. The number of halogens is 1. The van der Waals surface area contributed by atoms with Gasteiger partial charge in [-0.1, -0.05) is 11.6 Å². The molecule has 0 atom stereocenters. The van der Waals surface area contributed by atoms with Gasteiger partial charge in [0, 0.05) is 17.2 Å². The number of esters is 1. The summed E-state index contributed by atoms with van der Waals surface area (Å²) >= 11 is 5.77. The quantitative estimate of drug-likeness (QED) is 0.358. The molecular formula is C15H12ClNO5. The van der Waals surface area contributed by atoms with E-state index in [4.69, 9.17) is 20.8 Å². The fourth-order valence-corrected chi connectivity index (χ4v) is 1.96. The maximum absolute atomic E-state index is 11.2. The van der Waals surface area contributed by atoms with Crippen molar-refractivity contribution in [2.75, 3.05) is 6.61 Å². The van der Waals surface area contributed by atoms with E-state index in [0.29, 0.717) is 17.1 Å². The Morgan fingerprint density at radius 1 is 1.41 bits per heavy atom. The molecule has 0 amide bonds. The van der Waals surface area contributed by atoms with E-state index in [0.717, 1.165) is 0 Å². The van der Waals surface area contributed by atoms with Gasteiger partial charge in [-0.25, -0.2) is 4.79 Å². The van der Waals surface area contributed by atoms with Crippen LogP contribution in [0.4, 0.5) is 5.69 Å². The first kappa shape index (κ1) is 15.8. The van der Waals surface area contributed by atoms with Crippen LogP contribution >= 0.6 is 11.6 Å². The number of nitrogens with zero attached hydrogens (tertiary/aromatic N) is 1. The number of carbonyl (C=O) groups excluding carboxylic acids is 1. The lowest BCUT2D eigenvalue weighted by Gasteiger charge is -2.00. The van der Waals surface area contributed by atoms with Crippen molar-refractivity contribution in [3.63, 3.8) is 0 Å². The van der Waals surface area contributed by atoms with Crippen molar-refractivity contribution in [1.82, 2.24) is 0 Å². The molecule has 1 aromatic carbocycles. The zero-order valence-corrected chi connectivity index (χ0v) is 12.4. The van der Waals surface area contributed by atoms with Crippen LogP contribution in [-0.2, 0) is 9.53 Å². The summed E-state index contributed by atoms with van der Waals surface area (Å²) < 4.78 is 10.2. The van der Waals surface area contributed by atoms with Crippen molar-refractivity contribution in [2.24, 2.45) is 0 Å². The van der Waals surface area contributed by atoms with Crippen molar-refractivity contribution < 1.29 is 18.9 Å². The van der Waals surface area contributed by atoms with Gasteiger partial charge in [0.15, 0.2) is 0 Å². The number of carbonyl (C=O) groups is 1. The molecule has 22 heavy (non-hydrogen) atoms. The molecule has 6 nitrogen and oxygen atoms in total. The fraction of sp³-hybridized carbons (Fsp3) is 0.133. The average Bonchev–Trinajstić information content (AvgIpc) is 2.94. The van der Waals surface area contributed by atoms with Crippen LogP contribution in [0.15, 0.2) is 40.8 Å². The summed E-state index contributed by atoms with van der Waals surface area (Å²) in [5.41, 5.74) is 0.160. The molecule has 114 valence electrons. The Balaban J connectivity index is 2.29. The number of benzene rings is 1. The second-order valence-electron chi connectivity index (χ2n) is 4.21. The topological polar surface area (TPSA) is 82.6 Å². The number of hydrogen-bond acceptors (Lipinski definition) is 5. The molecule has 0 saturated carbocycles. The van der Waals surface area contributed by atoms with Gasteiger partial charge >= 0.3 is 5.97 Å². The molecule has 0 radical (unpaired) electrons. The normalized spacial score (nSPS) is 10.8. The van der Waals surface area contributed by atoms with Crippen LogP contribution in [0, 0.1) is 10.1 Å². The second-order valence-corrected chi connectivity index (χ2v) is 4.64. The maximum Gasteiger partial charge on any atom is 0.330 e. The molecule has 0 aliphatic rings. The van der Waals surface area contributed by atoms with E-state index in [9.17, 15) is 14.9 Å². The average molecular weight is 322 g/mol. The van der Waals surface area contributed by atoms with E-state index in [-0.39, 0.29) is 17.3 Å². The van der Waals surface area contributed by atoms with E-state index in [1.165, 1.54) is 24.3 Å². The summed E-state index contributed by atoms with van der Waals surface area (Å²) in [6.07, 6.45) is 2.66. The largest absolute Gasteiger partial charge is 0.463 e. The zero-order chi connectivity index (χ0) is 16.1. The number of rotatable bonds is 5. The van der Waals surface area contributed by atoms with Crippen molar-refractivity contribution in [3.05, 3.63) is 57.3 Å². The predicted molar refractivity (Wildman–Crippen MR) is 81.5 cm³/mol. The van der Waals surface area contributed by atoms with Crippen molar-refractivity contribution in [3.8, 4) is 11.3 Å². The molecule has 0 aliphatic carbocycles. The second kappa shape index (κ2) is 6.91. The highest BCUT2D eigenvalue weighted by Crippen LogP contribution is 2.33. The summed E-state index contributed by atoms with van der Waals surface area (Å²) in [5.74, 6) is 0.206. The molecule has 0 spiro atoms. The van der Waals surface area contributed by atoms with Crippen LogP contribution in [0.3, 0.4) is 0 Å². The van der Waals surface area contributed by atoms with E-state index in [2.05, 4.69) is 0 Å². The van der Waals surface area contributed by atoms with Gasteiger partial charge in [-0.2, -0.15) is 0 Å². The van der Waals surface area contributed by atoms with Gasteiger partial charge in [-0.15, -0.1) is 0 Å². The predicted octanol–water partition coefficient (Wildman–Crippen LogP) is 4.08. The standard InChI is InChI=1S/C15H12ClNO5/c1-2-21-15(18)8-5-11-4-7-14(22-11)12-6-3-10(16)9-13(12)17(19)20/h3-9H,2H2,1H3. The van der Waals surface area contributed by atoms with E-state index < -0.39 is 10.9 Å². The smallest absolute Gasteiger partial charge is 0.330 e. The number of hydrogen-bond donors (Lipinski definition) is 0. The Hall–Kier alpha value is -2.60. The minimum Gasteiger partial charge on any atom is -0.463 e. The molecule has 0 unspecified atom stereocenters. The summed E-state index contributed by atoms with van der Waals surface area (Å²) in [6.45, 7) is 1.99. The molecular weight excluding hydrogens is 310 g/mol. The van der Waals surface area contributed by atoms with Crippen LogP contribution in [0.5, 0.6) is 0 Å². The lowest BCUT2D eigenvalue weighted by Crippen LogP contribution is -1.98. The zero-order valence-electron chi connectivity index (χ0n) is 11.6. The lowest BCUT2D eigenvalue weighted by molar-refractivity contribution is -0.384. The third kappa shape index (κ3) is 3.73. The monoisotopic (exact) mass is 321 g/mol. The van der Waals surface area contributed by atoms with E-state index in [1.807, 2.05) is 0 Å². The molecule has 0 bridgehead atoms. The van der Waals surface area contributed by atoms with Gasteiger partial charge in [-0.3, -0.25) is 10.1 Å². The molecule has 0 fully saturated rings. The van der Waals surface area contributed by atoms with E-state index >= 15 is 0 Å². The van der Waals surface area contributed by atoms with Gasteiger partial charge in [0.25, 0.3) is 5.69 Å². The highest BCUT2D eigenvalue weighted by atomic mass is 35.5. The molecule has 0 saturated heterocycles. The molecule has 2 rings (SSSR count). The van der Waals surface area contributed by atoms with E-state index in [1.54, 1.807) is 25.1 Å². The Bertz CT molecular complexity index is 735. The number of furan rings is 1. The Morgan fingerprint density at radius 2 is 2.18 bits per heavy atom. The molecule has 7 heteroatoms. The first-order valence-corrected chi connectivity index (χ1v) is 6.78. The summed E-state index contributed by atoms with van der Waals surface area (Å²) in [6, 6.07) is 7.50. The lowest BCUT2D eigenvalue weighted by atomic mass is 10.1. The van der Waals surface area contributed by atoms with Gasteiger partial charge in [0.2, 0.25) is 0 Å². The van der Waals surface area contributed by atoms with Gasteiger partial charge in [0.1, 0.15) is 11.5 Å². The van der Waals surface area contributed by atoms with Gasteiger partial charge in [0.05, 0.1) is 17.1 Å². The van der Waals surface area contributed by atoms with Crippen molar-refractivity contribution in [1.29, 1.82) is 0 Å². The molecule has 1 aromatic heterocycles. The van der Waals surface area contributed by atoms with Crippen molar-refractivity contribution >= 4 is 29.3 Å². The maximum atomic E-state index is 11.2. The van der Waals surface area contributed by atoms with Crippen LogP contribution in [0.1, 0.15) is 12.7 Å². The third-order valence-corrected chi connectivity index (χ3v) is 2.95. The number of nitro groups is 1. The van der Waals surface area contributed by atoms with Crippen LogP contribution in [0.25, 0.3) is 17.4 Å². The SMILES string of the molecule is CCOC(=O)C=Cc1ccc(-c2ccc(Cl)cc2[N+](=O)[O-])o1. The fourth-order valence-electron chi connectivity index (χ4n) is 1.79. The highest BCUT2D eigenvalue weighted by molar-refractivity contribution is 6.30. The summed E-state index contributed by atoms with van der Waals surface area (Å²) in [7, 11) is 0. The Morgan fingerprint density at radius 3 is 2.86 bits per heavy atom. The third-order valence-electron chi connectivity index (χ3n) is 2.72.